The number of aromatic nitrogens is 1. The van der Waals surface area contributed by atoms with E-state index in [1.807, 2.05) is 5.38 Å². The largest absolute Gasteiger partial charge is 0.480 e. The first-order valence-corrected chi connectivity index (χ1v) is 6.95. The molecule has 0 radical (unpaired) electrons. The van der Waals surface area contributed by atoms with Gasteiger partial charge in [0.05, 0.1) is 11.2 Å². The highest BCUT2D eigenvalue weighted by atomic mass is 32.1. The number of rotatable bonds is 6. The van der Waals surface area contributed by atoms with Crippen molar-refractivity contribution in [3.63, 3.8) is 0 Å². The molecule has 0 saturated heterocycles. The average molecular weight is 268 g/mol. The molecule has 1 saturated carbocycles. The molecule has 1 amide bonds. The van der Waals surface area contributed by atoms with Gasteiger partial charge in [0.25, 0.3) is 0 Å². The van der Waals surface area contributed by atoms with Crippen LogP contribution in [0.25, 0.3) is 0 Å². The van der Waals surface area contributed by atoms with Gasteiger partial charge in [0.1, 0.15) is 6.04 Å². The zero-order chi connectivity index (χ0) is 13.1. The number of aliphatic carboxylic acids is 1. The second kappa shape index (κ2) is 5.48. The Labute approximate surface area is 109 Å². The van der Waals surface area contributed by atoms with Gasteiger partial charge in [0.2, 0.25) is 5.91 Å². The minimum atomic E-state index is -0.941. The van der Waals surface area contributed by atoms with Crippen LogP contribution in [0.1, 0.15) is 31.9 Å². The predicted octanol–water partition coefficient (Wildman–Crippen LogP) is 1.54. The van der Waals surface area contributed by atoms with Crippen LogP contribution in [0.15, 0.2) is 10.9 Å². The van der Waals surface area contributed by atoms with Crippen LogP contribution in [0, 0.1) is 0 Å². The van der Waals surface area contributed by atoms with Gasteiger partial charge in [-0.25, -0.2) is 9.78 Å². The van der Waals surface area contributed by atoms with Gasteiger partial charge in [0.15, 0.2) is 0 Å². The normalized spacial score (nSPS) is 16.3. The number of thiazole rings is 1. The van der Waals surface area contributed by atoms with E-state index in [0.29, 0.717) is 12.8 Å². The summed E-state index contributed by atoms with van der Waals surface area (Å²) in [6.07, 6.45) is 2.75. The number of carboxylic acid groups (broad SMARTS) is 1. The van der Waals surface area contributed by atoms with Crippen LogP contribution in [0.2, 0.25) is 0 Å². The molecule has 0 spiro atoms. The van der Waals surface area contributed by atoms with E-state index >= 15 is 0 Å². The van der Waals surface area contributed by atoms with Crippen molar-refractivity contribution < 1.29 is 14.7 Å². The molecule has 18 heavy (non-hydrogen) atoms. The van der Waals surface area contributed by atoms with Gasteiger partial charge < -0.3 is 10.0 Å². The highest BCUT2D eigenvalue weighted by Crippen LogP contribution is 2.29. The minimum Gasteiger partial charge on any atom is -0.480 e. The lowest BCUT2D eigenvalue weighted by Crippen LogP contribution is -2.44. The maximum Gasteiger partial charge on any atom is 0.326 e. The van der Waals surface area contributed by atoms with Gasteiger partial charge in [-0.15, -0.1) is 11.3 Å². The second-order valence-electron chi connectivity index (χ2n) is 4.53. The molecule has 1 aromatic rings. The van der Waals surface area contributed by atoms with Crippen molar-refractivity contribution in [3.8, 4) is 0 Å². The molecule has 1 heterocycles. The van der Waals surface area contributed by atoms with E-state index in [9.17, 15) is 9.59 Å². The number of amides is 1. The number of carbonyl (C=O) groups excluding carboxylic acids is 1. The van der Waals surface area contributed by atoms with Crippen LogP contribution in [0.5, 0.6) is 0 Å². The molecule has 1 atom stereocenters. The fourth-order valence-corrected chi connectivity index (χ4v) is 2.53. The molecular weight excluding hydrogens is 252 g/mol. The summed E-state index contributed by atoms with van der Waals surface area (Å²) in [6, 6.07) is -0.612. The van der Waals surface area contributed by atoms with E-state index in [2.05, 4.69) is 4.98 Å². The molecule has 0 aromatic carbocycles. The summed E-state index contributed by atoms with van der Waals surface area (Å²) >= 11 is 1.50. The zero-order valence-electron chi connectivity index (χ0n) is 10.2. The van der Waals surface area contributed by atoms with E-state index in [1.54, 1.807) is 12.4 Å². The SMILES string of the molecule is CC(C(=O)O)N(C(=O)CCc1cscn1)C1CC1. The topological polar surface area (TPSA) is 70.5 Å². The lowest BCUT2D eigenvalue weighted by Gasteiger charge is -2.26. The fourth-order valence-electron chi connectivity index (χ4n) is 1.93. The Balaban J connectivity index is 1.93. The Morgan fingerprint density at radius 3 is 2.83 bits per heavy atom. The van der Waals surface area contributed by atoms with Gasteiger partial charge in [-0.3, -0.25) is 4.79 Å². The first-order chi connectivity index (χ1) is 8.59. The fraction of sp³-hybridized carbons (Fsp3) is 0.583. The van der Waals surface area contributed by atoms with Crippen LogP contribution in [0.3, 0.4) is 0 Å². The van der Waals surface area contributed by atoms with E-state index in [0.717, 1.165) is 18.5 Å². The summed E-state index contributed by atoms with van der Waals surface area (Å²) in [5.41, 5.74) is 2.63. The molecule has 0 aliphatic heterocycles. The highest BCUT2D eigenvalue weighted by molar-refractivity contribution is 7.07. The number of hydrogen-bond donors (Lipinski definition) is 1. The van der Waals surface area contributed by atoms with Gasteiger partial charge in [-0.2, -0.15) is 0 Å². The molecule has 5 nitrogen and oxygen atoms in total. The maximum atomic E-state index is 12.1. The Kier molecular flexibility index (Phi) is 3.96. The Morgan fingerprint density at radius 1 is 1.61 bits per heavy atom. The van der Waals surface area contributed by atoms with Crippen LogP contribution < -0.4 is 0 Å². The van der Waals surface area contributed by atoms with Crippen LogP contribution in [0.4, 0.5) is 0 Å². The van der Waals surface area contributed by atoms with Crippen molar-refractivity contribution in [2.75, 3.05) is 0 Å². The molecule has 1 N–H and O–H groups in total. The quantitative estimate of drug-likeness (QED) is 0.849. The Hall–Kier alpha value is -1.43. The summed E-state index contributed by atoms with van der Waals surface area (Å²) in [5.74, 6) is -1.02. The summed E-state index contributed by atoms with van der Waals surface area (Å²) in [7, 11) is 0. The van der Waals surface area contributed by atoms with Crippen LogP contribution in [-0.2, 0) is 16.0 Å². The number of carboxylic acids is 1. The first-order valence-electron chi connectivity index (χ1n) is 6.00. The van der Waals surface area contributed by atoms with Gasteiger partial charge >= 0.3 is 5.97 Å². The van der Waals surface area contributed by atoms with Crippen LogP contribution in [-0.4, -0.2) is 39.0 Å². The summed E-state index contributed by atoms with van der Waals surface area (Å²) in [6.45, 7) is 1.57. The molecule has 1 fully saturated rings. The Bertz CT molecular complexity index is 429. The highest BCUT2D eigenvalue weighted by Gasteiger charge is 2.37. The van der Waals surface area contributed by atoms with Crippen molar-refractivity contribution >= 4 is 23.2 Å². The third-order valence-corrected chi connectivity index (χ3v) is 3.72. The molecule has 1 aliphatic carbocycles. The van der Waals surface area contributed by atoms with Gasteiger partial charge in [-0.05, 0) is 26.2 Å². The molecular formula is C12H16N2O3S. The van der Waals surface area contributed by atoms with Crippen molar-refractivity contribution in [2.24, 2.45) is 0 Å². The summed E-state index contributed by atoms with van der Waals surface area (Å²) in [5, 5.41) is 10.9. The lowest BCUT2D eigenvalue weighted by atomic mass is 10.2. The molecule has 0 bridgehead atoms. The van der Waals surface area contributed by atoms with E-state index in [4.69, 9.17) is 5.11 Å². The van der Waals surface area contributed by atoms with Crippen molar-refractivity contribution in [2.45, 2.75) is 44.7 Å². The van der Waals surface area contributed by atoms with Crippen molar-refractivity contribution in [3.05, 3.63) is 16.6 Å². The molecule has 6 heteroatoms. The summed E-state index contributed by atoms with van der Waals surface area (Å²) in [4.78, 5) is 28.8. The van der Waals surface area contributed by atoms with Crippen molar-refractivity contribution in [1.29, 1.82) is 0 Å². The molecule has 1 unspecified atom stereocenters. The molecule has 2 rings (SSSR count). The summed E-state index contributed by atoms with van der Waals surface area (Å²) < 4.78 is 0. The number of aryl methyl sites for hydroxylation is 1. The van der Waals surface area contributed by atoms with E-state index in [-0.39, 0.29) is 11.9 Å². The third-order valence-electron chi connectivity index (χ3n) is 3.08. The first kappa shape index (κ1) is 13.0. The monoisotopic (exact) mass is 268 g/mol. The smallest absolute Gasteiger partial charge is 0.326 e. The van der Waals surface area contributed by atoms with Gasteiger partial charge in [-0.1, -0.05) is 0 Å². The molecule has 1 aromatic heterocycles. The average Bonchev–Trinajstić information content (AvgIpc) is 3.02. The number of carbonyl (C=O) groups is 2. The van der Waals surface area contributed by atoms with Crippen molar-refractivity contribution in [1.82, 2.24) is 9.88 Å². The van der Waals surface area contributed by atoms with Gasteiger partial charge in [0, 0.05) is 17.8 Å². The van der Waals surface area contributed by atoms with Crippen LogP contribution >= 0.6 is 11.3 Å². The standard InChI is InChI=1S/C12H16N2O3S/c1-8(12(16)17)14(10-3-4-10)11(15)5-2-9-6-18-7-13-9/h6-8,10H,2-5H2,1H3,(H,16,17). The number of nitrogens with zero attached hydrogens (tertiary/aromatic N) is 2. The predicted molar refractivity (Wildman–Crippen MR) is 67.4 cm³/mol. The maximum absolute atomic E-state index is 12.1. The zero-order valence-corrected chi connectivity index (χ0v) is 11.0. The second-order valence-corrected chi connectivity index (χ2v) is 5.24. The minimum absolute atomic E-state index is 0.0830. The molecule has 98 valence electrons. The third kappa shape index (κ3) is 3.07. The lowest BCUT2D eigenvalue weighted by molar-refractivity contribution is -0.150. The van der Waals surface area contributed by atoms with E-state index in [1.165, 1.54) is 16.2 Å². The van der Waals surface area contributed by atoms with E-state index < -0.39 is 12.0 Å². The number of hydrogen-bond acceptors (Lipinski definition) is 4. The Morgan fingerprint density at radius 2 is 2.33 bits per heavy atom. The molecule has 1 aliphatic rings.